The summed E-state index contributed by atoms with van der Waals surface area (Å²) >= 11 is 3.27. The van der Waals surface area contributed by atoms with Gasteiger partial charge in [0.1, 0.15) is 4.60 Å². The quantitative estimate of drug-likeness (QED) is 0.855. The van der Waals surface area contributed by atoms with Gasteiger partial charge in [0.25, 0.3) is 5.91 Å². The Labute approximate surface area is 126 Å². The molecular formula is C15H15BrN2O2. The average Bonchev–Trinajstić information content (AvgIpc) is 2.47. The molecule has 0 aliphatic heterocycles. The maximum atomic E-state index is 12.1. The summed E-state index contributed by atoms with van der Waals surface area (Å²) in [6.45, 7) is 0.988. The molecule has 0 saturated carbocycles. The molecule has 1 N–H and O–H groups in total. The molecule has 0 atom stereocenters. The van der Waals surface area contributed by atoms with Crippen molar-refractivity contribution in [2.45, 2.75) is 13.2 Å². The van der Waals surface area contributed by atoms with Crippen molar-refractivity contribution in [3.05, 3.63) is 63.9 Å². The lowest BCUT2D eigenvalue weighted by molar-refractivity contribution is 0.0949. The molecule has 20 heavy (non-hydrogen) atoms. The van der Waals surface area contributed by atoms with E-state index in [1.807, 2.05) is 24.3 Å². The number of pyridine rings is 1. The molecule has 0 saturated heterocycles. The number of benzene rings is 1. The summed E-state index contributed by atoms with van der Waals surface area (Å²) in [4.78, 5) is 16.1. The van der Waals surface area contributed by atoms with Crippen molar-refractivity contribution >= 4 is 21.8 Å². The molecule has 0 aliphatic rings. The molecule has 0 spiro atoms. The molecule has 1 amide bonds. The van der Waals surface area contributed by atoms with E-state index >= 15 is 0 Å². The molecule has 0 fully saturated rings. The number of nitrogens with zero attached hydrogens (tertiary/aromatic N) is 1. The molecule has 2 rings (SSSR count). The predicted octanol–water partition coefficient (Wildman–Crippen LogP) is 2.92. The maximum Gasteiger partial charge on any atom is 0.254 e. The fraction of sp³-hybridized carbons (Fsp3) is 0.200. The van der Waals surface area contributed by atoms with Crippen molar-refractivity contribution in [2.75, 3.05) is 7.11 Å². The van der Waals surface area contributed by atoms with E-state index in [1.54, 1.807) is 25.4 Å². The Morgan fingerprint density at radius 1 is 1.25 bits per heavy atom. The lowest BCUT2D eigenvalue weighted by Crippen LogP contribution is -2.24. The van der Waals surface area contributed by atoms with E-state index in [-0.39, 0.29) is 5.91 Å². The van der Waals surface area contributed by atoms with Gasteiger partial charge < -0.3 is 10.1 Å². The van der Waals surface area contributed by atoms with Crippen LogP contribution in [0.25, 0.3) is 0 Å². The van der Waals surface area contributed by atoms with Crippen LogP contribution in [0.2, 0.25) is 0 Å². The first-order valence-electron chi connectivity index (χ1n) is 6.17. The number of hydrogen-bond donors (Lipinski definition) is 1. The number of halogens is 1. The maximum absolute atomic E-state index is 12.1. The van der Waals surface area contributed by atoms with Crippen molar-refractivity contribution < 1.29 is 9.53 Å². The van der Waals surface area contributed by atoms with E-state index in [1.165, 1.54) is 0 Å². The molecule has 4 nitrogen and oxygen atoms in total. The van der Waals surface area contributed by atoms with E-state index in [4.69, 9.17) is 4.74 Å². The Hall–Kier alpha value is -1.72. The van der Waals surface area contributed by atoms with Crippen molar-refractivity contribution in [2.24, 2.45) is 0 Å². The second-order valence-electron chi connectivity index (χ2n) is 4.23. The average molecular weight is 335 g/mol. The summed E-state index contributed by atoms with van der Waals surface area (Å²) in [5, 5.41) is 2.89. The highest BCUT2D eigenvalue weighted by Crippen LogP contribution is 2.13. The summed E-state index contributed by atoms with van der Waals surface area (Å²) in [5.41, 5.74) is 2.64. The third kappa shape index (κ3) is 3.65. The summed E-state index contributed by atoms with van der Waals surface area (Å²) in [6.07, 6.45) is 1.63. The van der Waals surface area contributed by atoms with E-state index in [0.717, 1.165) is 11.1 Å². The number of ether oxygens (including phenoxy) is 1. The lowest BCUT2D eigenvalue weighted by Gasteiger charge is -2.10. The van der Waals surface area contributed by atoms with Gasteiger partial charge >= 0.3 is 0 Å². The molecule has 1 aromatic carbocycles. The van der Waals surface area contributed by atoms with Gasteiger partial charge in [0.2, 0.25) is 0 Å². The first-order valence-corrected chi connectivity index (χ1v) is 6.96. The number of aromatic nitrogens is 1. The van der Waals surface area contributed by atoms with Crippen LogP contribution in [0.15, 0.2) is 47.2 Å². The van der Waals surface area contributed by atoms with Crippen LogP contribution in [0.4, 0.5) is 0 Å². The van der Waals surface area contributed by atoms with Crippen molar-refractivity contribution in [3.8, 4) is 0 Å². The topological polar surface area (TPSA) is 51.2 Å². The minimum absolute atomic E-state index is 0.155. The van der Waals surface area contributed by atoms with Crippen LogP contribution in [-0.4, -0.2) is 18.0 Å². The standard InChI is InChI=1S/C15H15BrN2O2/c1-20-10-12-6-3-2-5-11(12)9-18-15(19)13-7-4-8-17-14(13)16/h2-8H,9-10H2,1H3,(H,18,19). The van der Waals surface area contributed by atoms with E-state index in [2.05, 4.69) is 26.2 Å². The number of rotatable bonds is 5. The number of methoxy groups -OCH3 is 1. The third-order valence-corrected chi connectivity index (χ3v) is 3.49. The number of carbonyl (C=O) groups is 1. The van der Waals surface area contributed by atoms with Gasteiger partial charge in [-0.25, -0.2) is 4.98 Å². The molecule has 1 aromatic heterocycles. The van der Waals surface area contributed by atoms with E-state index < -0.39 is 0 Å². The summed E-state index contributed by atoms with van der Waals surface area (Å²) in [5.74, 6) is -0.155. The predicted molar refractivity (Wildman–Crippen MR) is 80.3 cm³/mol. The number of nitrogens with one attached hydrogen (secondary N) is 1. The van der Waals surface area contributed by atoms with Gasteiger partial charge in [-0.05, 0) is 39.2 Å². The monoisotopic (exact) mass is 334 g/mol. The zero-order valence-corrected chi connectivity index (χ0v) is 12.7. The normalized spacial score (nSPS) is 10.3. The van der Waals surface area contributed by atoms with Gasteiger partial charge in [-0.3, -0.25) is 4.79 Å². The molecule has 0 aliphatic carbocycles. The van der Waals surface area contributed by atoms with Crippen LogP contribution in [0.1, 0.15) is 21.5 Å². The Bertz CT molecular complexity index is 602. The zero-order chi connectivity index (χ0) is 14.4. The van der Waals surface area contributed by atoms with Crippen LogP contribution in [-0.2, 0) is 17.9 Å². The lowest BCUT2D eigenvalue weighted by atomic mass is 10.1. The minimum atomic E-state index is -0.155. The highest BCUT2D eigenvalue weighted by atomic mass is 79.9. The summed E-state index contributed by atoms with van der Waals surface area (Å²) in [6, 6.07) is 11.3. The van der Waals surface area contributed by atoms with Gasteiger partial charge in [-0.2, -0.15) is 0 Å². The van der Waals surface area contributed by atoms with Crippen LogP contribution in [0, 0.1) is 0 Å². The van der Waals surface area contributed by atoms with Gasteiger partial charge in [0.15, 0.2) is 0 Å². The van der Waals surface area contributed by atoms with Crippen LogP contribution in [0.3, 0.4) is 0 Å². The van der Waals surface area contributed by atoms with Crippen molar-refractivity contribution in [3.63, 3.8) is 0 Å². The fourth-order valence-electron chi connectivity index (χ4n) is 1.85. The van der Waals surface area contributed by atoms with Crippen LogP contribution >= 0.6 is 15.9 Å². The number of hydrogen-bond acceptors (Lipinski definition) is 3. The molecule has 0 radical (unpaired) electrons. The molecule has 1 heterocycles. The first-order chi connectivity index (χ1) is 9.72. The largest absolute Gasteiger partial charge is 0.380 e. The molecular weight excluding hydrogens is 320 g/mol. The van der Waals surface area contributed by atoms with Gasteiger partial charge in [0, 0.05) is 19.9 Å². The van der Waals surface area contributed by atoms with E-state index in [9.17, 15) is 4.79 Å². The Balaban J connectivity index is 2.06. The summed E-state index contributed by atoms with van der Waals surface area (Å²) < 4.78 is 5.69. The van der Waals surface area contributed by atoms with Crippen molar-refractivity contribution in [1.29, 1.82) is 0 Å². The SMILES string of the molecule is COCc1ccccc1CNC(=O)c1cccnc1Br. The third-order valence-electron chi connectivity index (χ3n) is 2.86. The zero-order valence-electron chi connectivity index (χ0n) is 11.1. The second kappa shape index (κ2) is 7.17. The van der Waals surface area contributed by atoms with Crippen LogP contribution in [0.5, 0.6) is 0 Å². The number of amides is 1. The minimum Gasteiger partial charge on any atom is -0.380 e. The van der Waals surface area contributed by atoms with Gasteiger partial charge in [0.05, 0.1) is 12.2 Å². The summed E-state index contributed by atoms with van der Waals surface area (Å²) in [7, 11) is 1.65. The molecule has 5 heteroatoms. The second-order valence-corrected chi connectivity index (χ2v) is 4.98. The molecule has 0 unspecified atom stereocenters. The fourth-order valence-corrected chi connectivity index (χ4v) is 2.28. The Kier molecular flexibility index (Phi) is 5.26. The highest BCUT2D eigenvalue weighted by molar-refractivity contribution is 9.10. The molecule has 104 valence electrons. The van der Waals surface area contributed by atoms with E-state index in [0.29, 0.717) is 23.3 Å². The van der Waals surface area contributed by atoms with Gasteiger partial charge in [-0.1, -0.05) is 24.3 Å². The highest BCUT2D eigenvalue weighted by Gasteiger charge is 2.10. The Morgan fingerprint density at radius 2 is 2.00 bits per heavy atom. The van der Waals surface area contributed by atoms with Crippen molar-refractivity contribution in [1.82, 2.24) is 10.3 Å². The van der Waals surface area contributed by atoms with Crippen LogP contribution < -0.4 is 5.32 Å². The molecule has 2 aromatic rings. The van der Waals surface area contributed by atoms with Gasteiger partial charge in [-0.15, -0.1) is 0 Å². The number of carbonyl (C=O) groups excluding carboxylic acids is 1. The molecule has 0 bridgehead atoms. The smallest absolute Gasteiger partial charge is 0.254 e. The first kappa shape index (κ1) is 14.7. The Morgan fingerprint density at radius 3 is 2.70 bits per heavy atom.